The van der Waals surface area contributed by atoms with Crippen LogP contribution in [0.4, 0.5) is 0 Å². The fourth-order valence-electron chi connectivity index (χ4n) is 2.91. The molecule has 27 heavy (non-hydrogen) atoms. The molecule has 3 rings (SSSR count). The van der Waals surface area contributed by atoms with Crippen molar-refractivity contribution in [2.75, 3.05) is 6.54 Å². The highest BCUT2D eigenvalue weighted by molar-refractivity contribution is 7.89. The molecule has 142 valence electrons. The first-order valence-corrected chi connectivity index (χ1v) is 10.5. The first-order chi connectivity index (χ1) is 12.8. The van der Waals surface area contributed by atoms with Crippen LogP contribution < -0.4 is 5.56 Å². The zero-order chi connectivity index (χ0) is 19.6. The van der Waals surface area contributed by atoms with Crippen LogP contribution in [-0.2, 0) is 16.6 Å². The van der Waals surface area contributed by atoms with Crippen LogP contribution in [0.2, 0.25) is 5.02 Å². The fourth-order valence-corrected chi connectivity index (χ4v) is 4.62. The molecule has 1 N–H and O–H groups in total. The Kier molecular flexibility index (Phi) is 5.69. The van der Waals surface area contributed by atoms with Crippen molar-refractivity contribution in [2.24, 2.45) is 5.92 Å². The Morgan fingerprint density at radius 1 is 1.07 bits per heavy atom. The molecule has 0 amide bonds. The Labute approximate surface area is 163 Å². The number of nitrogens with one attached hydrogen (secondary N) is 1. The van der Waals surface area contributed by atoms with E-state index in [4.69, 9.17) is 11.6 Å². The van der Waals surface area contributed by atoms with Gasteiger partial charge in [-0.25, -0.2) is 8.42 Å². The summed E-state index contributed by atoms with van der Waals surface area (Å²) in [6.07, 6.45) is 0. The molecule has 1 heterocycles. The molecular weight excluding hydrogens is 384 g/mol. The van der Waals surface area contributed by atoms with Gasteiger partial charge in [-0.05, 0) is 47.7 Å². The van der Waals surface area contributed by atoms with Crippen molar-refractivity contribution in [3.63, 3.8) is 0 Å². The Hall–Kier alpha value is -2.15. The molecule has 0 aliphatic heterocycles. The molecule has 0 saturated heterocycles. The molecule has 5 nitrogen and oxygen atoms in total. The van der Waals surface area contributed by atoms with Crippen molar-refractivity contribution in [3.05, 3.63) is 75.5 Å². The number of aromatic nitrogens is 1. The molecule has 1 aromatic heterocycles. The molecular formula is C20H21ClN2O3S. The third kappa shape index (κ3) is 4.40. The minimum absolute atomic E-state index is 0.00328. The fraction of sp³-hybridized carbons (Fsp3) is 0.250. The summed E-state index contributed by atoms with van der Waals surface area (Å²) in [4.78, 5) is 15.4. The lowest BCUT2D eigenvalue weighted by molar-refractivity contribution is 0.361. The van der Waals surface area contributed by atoms with Crippen molar-refractivity contribution in [3.8, 4) is 0 Å². The lowest BCUT2D eigenvalue weighted by atomic mass is 10.1. The summed E-state index contributed by atoms with van der Waals surface area (Å²) >= 11 is 5.88. The van der Waals surface area contributed by atoms with E-state index in [1.165, 1.54) is 16.4 Å². The maximum Gasteiger partial charge on any atom is 0.252 e. The van der Waals surface area contributed by atoms with E-state index in [1.807, 2.05) is 38.1 Å². The van der Waals surface area contributed by atoms with Crippen molar-refractivity contribution in [1.82, 2.24) is 9.29 Å². The standard InChI is InChI=1S/C20H21ClN2O3S/c1-14(2)12-23(27(25,26)18-9-7-17(21)8-10-18)13-16-11-15-5-3-4-6-19(15)22-20(16)24/h3-11,14H,12-13H2,1-2H3,(H,22,24). The summed E-state index contributed by atoms with van der Waals surface area (Å²) < 4.78 is 27.6. The number of aromatic amines is 1. The van der Waals surface area contributed by atoms with Gasteiger partial charge >= 0.3 is 0 Å². The highest BCUT2D eigenvalue weighted by Gasteiger charge is 2.26. The zero-order valence-corrected chi connectivity index (χ0v) is 16.7. The maximum atomic E-state index is 13.1. The number of halogens is 1. The summed E-state index contributed by atoms with van der Waals surface area (Å²) in [7, 11) is -3.76. The number of sulfonamides is 1. The second kappa shape index (κ2) is 7.84. The van der Waals surface area contributed by atoms with E-state index >= 15 is 0 Å². The zero-order valence-electron chi connectivity index (χ0n) is 15.1. The van der Waals surface area contributed by atoms with Gasteiger partial charge in [0.1, 0.15) is 0 Å². The van der Waals surface area contributed by atoms with Gasteiger partial charge in [0.15, 0.2) is 0 Å². The Balaban J connectivity index is 2.02. The second-order valence-electron chi connectivity index (χ2n) is 6.86. The van der Waals surface area contributed by atoms with Crippen LogP contribution in [0.5, 0.6) is 0 Å². The molecule has 0 saturated carbocycles. The Morgan fingerprint density at radius 3 is 2.41 bits per heavy atom. The molecule has 7 heteroatoms. The van der Waals surface area contributed by atoms with Gasteiger partial charge in [-0.3, -0.25) is 4.79 Å². The number of rotatable bonds is 6. The largest absolute Gasteiger partial charge is 0.322 e. The van der Waals surface area contributed by atoms with Crippen LogP contribution in [0, 0.1) is 5.92 Å². The average Bonchev–Trinajstić information content (AvgIpc) is 2.61. The third-order valence-corrected chi connectivity index (χ3v) is 6.28. The first-order valence-electron chi connectivity index (χ1n) is 8.64. The molecule has 0 aliphatic rings. The van der Waals surface area contributed by atoms with E-state index in [-0.39, 0.29) is 22.9 Å². The molecule has 0 aliphatic carbocycles. The summed E-state index contributed by atoms with van der Waals surface area (Å²) in [5, 5.41) is 1.33. The van der Waals surface area contributed by atoms with Gasteiger partial charge in [-0.2, -0.15) is 4.31 Å². The molecule has 0 radical (unpaired) electrons. The van der Waals surface area contributed by atoms with E-state index in [2.05, 4.69) is 4.98 Å². The first kappa shape index (κ1) is 19.6. The summed E-state index contributed by atoms with van der Waals surface area (Å²) in [6.45, 7) is 4.19. The molecule has 2 aromatic carbocycles. The van der Waals surface area contributed by atoms with Gasteiger partial charge in [-0.1, -0.05) is 43.6 Å². The predicted molar refractivity (Wildman–Crippen MR) is 108 cm³/mol. The highest BCUT2D eigenvalue weighted by Crippen LogP contribution is 2.22. The predicted octanol–water partition coefficient (Wildman–Crippen LogP) is 4.03. The molecule has 0 unspecified atom stereocenters. The maximum absolute atomic E-state index is 13.1. The van der Waals surface area contributed by atoms with Crippen molar-refractivity contribution in [1.29, 1.82) is 0 Å². The summed E-state index contributed by atoms with van der Waals surface area (Å²) in [6, 6.07) is 15.2. The lowest BCUT2D eigenvalue weighted by Crippen LogP contribution is -2.35. The van der Waals surface area contributed by atoms with Gasteiger partial charge in [0.25, 0.3) is 5.56 Å². The molecule has 0 atom stereocenters. The minimum atomic E-state index is -3.76. The van der Waals surface area contributed by atoms with Crippen LogP contribution in [0.1, 0.15) is 19.4 Å². The minimum Gasteiger partial charge on any atom is -0.322 e. The molecule has 0 spiro atoms. The van der Waals surface area contributed by atoms with Crippen LogP contribution in [-0.4, -0.2) is 24.3 Å². The van der Waals surface area contributed by atoms with Crippen molar-refractivity contribution in [2.45, 2.75) is 25.3 Å². The van der Waals surface area contributed by atoms with Crippen LogP contribution in [0.25, 0.3) is 10.9 Å². The monoisotopic (exact) mass is 404 g/mol. The van der Waals surface area contributed by atoms with Gasteiger partial charge in [-0.15, -0.1) is 0 Å². The smallest absolute Gasteiger partial charge is 0.252 e. The van der Waals surface area contributed by atoms with Crippen LogP contribution >= 0.6 is 11.6 Å². The van der Waals surface area contributed by atoms with Gasteiger partial charge in [0, 0.05) is 29.2 Å². The van der Waals surface area contributed by atoms with E-state index in [0.29, 0.717) is 17.1 Å². The van der Waals surface area contributed by atoms with Crippen molar-refractivity contribution < 1.29 is 8.42 Å². The molecule has 3 aromatic rings. The van der Waals surface area contributed by atoms with Crippen LogP contribution in [0.3, 0.4) is 0 Å². The number of fused-ring (bicyclic) bond motifs is 1. The quantitative estimate of drug-likeness (QED) is 0.674. The Bertz CT molecular complexity index is 1110. The van der Waals surface area contributed by atoms with Gasteiger partial charge in [0.05, 0.1) is 4.90 Å². The van der Waals surface area contributed by atoms with E-state index in [9.17, 15) is 13.2 Å². The number of pyridine rings is 1. The number of H-pyrrole nitrogens is 1. The van der Waals surface area contributed by atoms with Gasteiger partial charge in [0.2, 0.25) is 10.0 Å². The van der Waals surface area contributed by atoms with Crippen molar-refractivity contribution >= 4 is 32.5 Å². The SMILES string of the molecule is CC(C)CN(Cc1cc2ccccc2[nH]c1=O)S(=O)(=O)c1ccc(Cl)cc1. The van der Waals surface area contributed by atoms with E-state index < -0.39 is 10.0 Å². The second-order valence-corrected chi connectivity index (χ2v) is 9.23. The number of para-hydroxylation sites is 1. The van der Waals surface area contributed by atoms with Gasteiger partial charge < -0.3 is 4.98 Å². The number of benzene rings is 2. The number of nitrogens with zero attached hydrogens (tertiary/aromatic N) is 1. The van der Waals surface area contributed by atoms with E-state index in [1.54, 1.807) is 18.2 Å². The normalized spacial score (nSPS) is 12.2. The highest BCUT2D eigenvalue weighted by atomic mass is 35.5. The van der Waals surface area contributed by atoms with Crippen LogP contribution in [0.15, 0.2) is 64.3 Å². The third-order valence-electron chi connectivity index (χ3n) is 4.20. The number of hydrogen-bond donors (Lipinski definition) is 1. The average molecular weight is 405 g/mol. The lowest BCUT2D eigenvalue weighted by Gasteiger charge is -2.24. The molecule has 0 fully saturated rings. The van der Waals surface area contributed by atoms with E-state index in [0.717, 1.165) is 10.9 Å². The molecule has 0 bridgehead atoms. The topological polar surface area (TPSA) is 70.2 Å². The Morgan fingerprint density at radius 2 is 1.74 bits per heavy atom. The summed E-state index contributed by atoms with van der Waals surface area (Å²) in [5.74, 6) is 0.103. The summed E-state index contributed by atoms with van der Waals surface area (Å²) in [5.41, 5.74) is 0.850. The number of hydrogen-bond acceptors (Lipinski definition) is 3.